The van der Waals surface area contributed by atoms with Gasteiger partial charge in [-0.3, -0.25) is 0 Å². The summed E-state index contributed by atoms with van der Waals surface area (Å²) in [6, 6.07) is 6.33. The standard InChI is InChI=1S/C14H20ClNO3S/c1-2-19-11-12-4-3-9-16(10-12)20(17,18)14-7-5-13(15)6-8-14/h5-8,12H,2-4,9-11H2,1H3. The maximum Gasteiger partial charge on any atom is 0.243 e. The second kappa shape index (κ2) is 6.89. The minimum atomic E-state index is -3.42. The maximum absolute atomic E-state index is 12.6. The fourth-order valence-corrected chi connectivity index (χ4v) is 4.10. The summed E-state index contributed by atoms with van der Waals surface area (Å²) in [5, 5.41) is 0.539. The van der Waals surface area contributed by atoms with Crippen molar-refractivity contribution in [1.29, 1.82) is 0 Å². The number of nitrogens with zero attached hydrogens (tertiary/aromatic N) is 1. The first-order valence-corrected chi connectivity index (χ1v) is 8.69. The van der Waals surface area contributed by atoms with Gasteiger partial charge in [-0.2, -0.15) is 4.31 Å². The molecule has 1 aliphatic rings. The summed E-state index contributed by atoms with van der Waals surface area (Å²) < 4.78 is 32.1. The van der Waals surface area contributed by atoms with E-state index < -0.39 is 10.0 Å². The molecule has 2 rings (SSSR count). The maximum atomic E-state index is 12.6. The lowest BCUT2D eigenvalue weighted by Gasteiger charge is -2.31. The molecule has 1 fully saturated rings. The van der Waals surface area contributed by atoms with Gasteiger partial charge in [0.25, 0.3) is 0 Å². The molecule has 4 nitrogen and oxygen atoms in total. The van der Waals surface area contributed by atoms with Crippen molar-refractivity contribution in [3.63, 3.8) is 0 Å². The van der Waals surface area contributed by atoms with Gasteiger partial charge in [-0.25, -0.2) is 8.42 Å². The van der Waals surface area contributed by atoms with E-state index in [-0.39, 0.29) is 5.92 Å². The molecular weight excluding hydrogens is 298 g/mol. The number of ether oxygens (including phenoxy) is 1. The van der Waals surface area contributed by atoms with Crippen molar-refractivity contribution in [3.05, 3.63) is 29.3 Å². The van der Waals surface area contributed by atoms with Gasteiger partial charge < -0.3 is 4.74 Å². The molecule has 0 bridgehead atoms. The average molecular weight is 318 g/mol. The highest BCUT2D eigenvalue weighted by atomic mass is 35.5. The molecule has 112 valence electrons. The van der Waals surface area contributed by atoms with Gasteiger partial charge in [0.05, 0.1) is 11.5 Å². The van der Waals surface area contributed by atoms with Crippen molar-refractivity contribution in [2.24, 2.45) is 5.92 Å². The van der Waals surface area contributed by atoms with Crippen LogP contribution in [0.3, 0.4) is 0 Å². The summed E-state index contributed by atoms with van der Waals surface area (Å²) in [4.78, 5) is 0.305. The topological polar surface area (TPSA) is 46.6 Å². The predicted molar refractivity (Wildman–Crippen MR) is 79.4 cm³/mol. The average Bonchev–Trinajstić information content (AvgIpc) is 2.46. The Hall–Kier alpha value is -0.620. The molecule has 1 aromatic rings. The van der Waals surface area contributed by atoms with Crippen molar-refractivity contribution in [2.45, 2.75) is 24.7 Å². The minimum absolute atomic E-state index is 0.283. The Morgan fingerprint density at radius 2 is 2.05 bits per heavy atom. The number of hydrogen-bond acceptors (Lipinski definition) is 3. The Bertz CT molecular complexity index is 530. The number of benzene rings is 1. The fourth-order valence-electron chi connectivity index (χ4n) is 2.42. The Morgan fingerprint density at radius 1 is 1.35 bits per heavy atom. The summed E-state index contributed by atoms with van der Waals surface area (Å²) in [7, 11) is -3.42. The molecule has 0 aromatic heterocycles. The van der Waals surface area contributed by atoms with Gasteiger partial charge in [0.1, 0.15) is 0 Å². The molecule has 0 saturated carbocycles. The van der Waals surface area contributed by atoms with Crippen LogP contribution in [0.5, 0.6) is 0 Å². The third-order valence-corrected chi connectivity index (χ3v) is 5.62. The van der Waals surface area contributed by atoms with Crippen LogP contribution in [-0.4, -0.2) is 39.0 Å². The molecule has 0 N–H and O–H groups in total. The lowest BCUT2D eigenvalue weighted by molar-refractivity contribution is 0.0864. The third kappa shape index (κ3) is 3.73. The van der Waals surface area contributed by atoms with Crippen LogP contribution >= 0.6 is 11.6 Å². The largest absolute Gasteiger partial charge is 0.381 e. The molecule has 1 aliphatic heterocycles. The lowest BCUT2D eigenvalue weighted by atomic mass is 10.0. The van der Waals surface area contributed by atoms with Crippen molar-refractivity contribution < 1.29 is 13.2 Å². The zero-order chi connectivity index (χ0) is 14.6. The molecule has 1 saturated heterocycles. The molecule has 6 heteroatoms. The minimum Gasteiger partial charge on any atom is -0.381 e. The molecule has 0 radical (unpaired) electrons. The second-order valence-electron chi connectivity index (χ2n) is 4.98. The lowest BCUT2D eigenvalue weighted by Crippen LogP contribution is -2.41. The van der Waals surface area contributed by atoms with Gasteiger partial charge in [-0.05, 0) is 49.9 Å². The quantitative estimate of drug-likeness (QED) is 0.839. The number of rotatable bonds is 5. The van der Waals surface area contributed by atoms with E-state index >= 15 is 0 Å². The predicted octanol–water partition coefficient (Wildman–Crippen LogP) is 2.78. The molecule has 1 heterocycles. The number of piperidine rings is 1. The molecule has 0 spiro atoms. The van der Waals surface area contributed by atoms with E-state index in [4.69, 9.17) is 16.3 Å². The highest BCUT2D eigenvalue weighted by Crippen LogP contribution is 2.24. The first kappa shape index (κ1) is 15.8. The molecular formula is C14H20ClNO3S. The van der Waals surface area contributed by atoms with Crippen molar-refractivity contribution >= 4 is 21.6 Å². The second-order valence-corrected chi connectivity index (χ2v) is 7.36. The van der Waals surface area contributed by atoms with Crippen LogP contribution < -0.4 is 0 Å². The van der Waals surface area contributed by atoms with E-state index in [2.05, 4.69) is 0 Å². The van der Waals surface area contributed by atoms with Crippen LogP contribution in [0.4, 0.5) is 0 Å². The fraction of sp³-hybridized carbons (Fsp3) is 0.571. The SMILES string of the molecule is CCOCC1CCCN(S(=O)(=O)c2ccc(Cl)cc2)C1. The molecule has 0 amide bonds. The zero-order valence-corrected chi connectivity index (χ0v) is 13.2. The normalized spacial score (nSPS) is 21.0. The van der Waals surface area contributed by atoms with Crippen LogP contribution in [0.1, 0.15) is 19.8 Å². The van der Waals surface area contributed by atoms with Gasteiger partial charge >= 0.3 is 0 Å². The summed E-state index contributed by atoms with van der Waals surface area (Å²) in [6.07, 6.45) is 1.90. The number of hydrogen-bond donors (Lipinski definition) is 0. The van der Waals surface area contributed by atoms with Crippen LogP contribution in [0.25, 0.3) is 0 Å². The molecule has 0 aliphatic carbocycles. The molecule has 1 aromatic carbocycles. The van der Waals surface area contributed by atoms with E-state index in [1.165, 1.54) is 0 Å². The van der Waals surface area contributed by atoms with E-state index in [1.54, 1.807) is 28.6 Å². The smallest absolute Gasteiger partial charge is 0.243 e. The Balaban J connectivity index is 2.10. The third-order valence-electron chi connectivity index (χ3n) is 3.49. The summed E-state index contributed by atoms with van der Waals surface area (Å²) >= 11 is 5.80. The van der Waals surface area contributed by atoms with Gasteiger partial charge in [0.2, 0.25) is 10.0 Å². The van der Waals surface area contributed by atoms with Gasteiger partial charge in [0, 0.05) is 24.7 Å². The van der Waals surface area contributed by atoms with Gasteiger partial charge in [0.15, 0.2) is 0 Å². The summed E-state index contributed by atoms with van der Waals surface area (Å²) in [6.45, 7) is 4.35. The highest BCUT2D eigenvalue weighted by Gasteiger charge is 2.30. The molecule has 1 atom stereocenters. The Kier molecular flexibility index (Phi) is 5.43. The van der Waals surface area contributed by atoms with Crippen LogP contribution in [-0.2, 0) is 14.8 Å². The first-order chi connectivity index (χ1) is 9.54. The van der Waals surface area contributed by atoms with Crippen LogP contribution in [0.2, 0.25) is 5.02 Å². The van der Waals surface area contributed by atoms with E-state index in [1.807, 2.05) is 6.92 Å². The highest BCUT2D eigenvalue weighted by molar-refractivity contribution is 7.89. The number of sulfonamides is 1. The van der Waals surface area contributed by atoms with E-state index in [9.17, 15) is 8.42 Å². The Morgan fingerprint density at radius 3 is 2.70 bits per heavy atom. The molecule has 20 heavy (non-hydrogen) atoms. The summed E-state index contributed by atoms with van der Waals surface area (Å²) in [5.41, 5.74) is 0. The number of halogens is 1. The monoisotopic (exact) mass is 317 g/mol. The van der Waals surface area contributed by atoms with Gasteiger partial charge in [-0.15, -0.1) is 0 Å². The van der Waals surface area contributed by atoms with Crippen LogP contribution in [0.15, 0.2) is 29.2 Å². The van der Waals surface area contributed by atoms with E-state index in [0.29, 0.717) is 36.2 Å². The van der Waals surface area contributed by atoms with Crippen LogP contribution in [0, 0.1) is 5.92 Å². The zero-order valence-electron chi connectivity index (χ0n) is 11.6. The van der Waals surface area contributed by atoms with Gasteiger partial charge in [-0.1, -0.05) is 11.6 Å². The summed E-state index contributed by atoms with van der Waals surface area (Å²) in [5.74, 6) is 0.283. The molecule has 1 unspecified atom stereocenters. The van der Waals surface area contributed by atoms with Crippen molar-refractivity contribution in [3.8, 4) is 0 Å². The van der Waals surface area contributed by atoms with Crippen molar-refractivity contribution in [1.82, 2.24) is 4.31 Å². The van der Waals surface area contributed by atoms with E-state index in [0.717, 1.165) is 12.8 Å². The van der Waals surface area contributed by atoms with Crippen molar-refractivity contribution in [2.75, 3.05) is 26.3 Å². The Labute approximate surface area is 125 Å². The first-order valence-electron chi connectivity index (χ1n) is 6.87.